The van der Waals surface area contributed by atoms with E-state index in [1.165, 1.54) is 0 Å². The monoisotopic (exact) mass is 342 g/mol. The van der Waals surface area contributed by atoms with Gasteiger partial charge < -0.3 is 4.74 Å². The first-order valence-corrected chi connectivity index (χ1v) is 7.48. The van der Waals surface area contributed by atoms with Gasteiger partial charge in [0.1, 0.15) is 12.4 Å². The highest BCUT2D eigenvalue weighted by Gasteiger charge is 2.12. The van der Waals surface area contributed by atoms with Crippen LogP contribution in [0.4, 0.5) is 0 Å². The van der Waals surface area contributed by atoms with Gasteiger partial charge in [-0.15, -0.1) is 11.6 Å². The molecule has 0 aliphatic carbocycles. The van der Waals surface area contributed by atoms with Gasteiger partial charge in [0, 0.05) is 12.4 Å². The lowest BCUT2D eigenvalue weighted by molar-refractivity contribution is 0.291. The van der Waals surface area contributed by atoms with Gasteiger partial charge in [0.15, 0.2) is 0 Å². The van der Waals surface area contributed by atoms with Crippen LogP contribution in [0.2, 0.25) is 0 Å². The number of halogens is 2. The van der Waals surface area contributed by atoms with E-state index in [2.05, 4.69) is 28.0 Å². The molecule has 1 aromatic heterocycles. The largest absolute Gasteiger partial charge is 0.487 e. The lowest BCUT2D eigenvalue weighted by Crippen LogP contribution is -2.06. The van der Waals surface area contributed by atoms with E-state index in [-0.39, 0.29) is 0 Å². The quantitative estimate of drug-likeness (QED) is 0.757. The van der Waals surface area contributed by atoms with Gasteiger partial charge in [0.2, 0.25) is 0 Å². The minimum Gasteiger partial charge on any atom is -0.487 e. The number of aromatic nitrogens is 2. The molecule has 0 N–H and O–H groups in total. The molecular formula is C14H16BrClN2O. The molecule has 0 amide bonds. The Hall–Kier alpha value is -1.00. The zero-order valence-corrected chi connectivity index (χ0v) is 13.3. The predicted octanol–water partition coefficient (Wildman–Crippen LogP) is 4.29. The molecule has 0 saturated carbocycles. The summed E-state index contributed by atoms with van der Waals surface area (Å²) in [5.74, 6) is 1.36. The van der Waals surface area contributed by atoms with Crippen molar-refractivity contribution in [2.45, 2.75) is 32.9 Å². The molecule has 0 aliphatic rings. The number of nitrogens with zero attached hydrogens (tertiary/aromatic N) is 2. The van der Waals surface area contributed by atoms with Gasteiger partial charge in [-0.1, -0.05) is 12.1 Å². The highest BCUT2D eigenvalue weighted by molar-refractivity contribution is 9.10. The van der Waals surface area contributed by atoms with E-state index in [1.54, 1.807) is 0 Å². The summed E-state index contributed by atoms with van der Waals surface area (Å²) in [6.45, 7) is 5.37. The first-order chi connectivity index (χ1) is 9.15. The summed E-state index contributed by atoms with van der Waals surface area (Å²) in [6.07, 6.45) is 0. The Morgan fingerprint density at radius 1 is 1.32 bits per heavy atom. The van der Waals surface area contributed by atoms with Crippen molar-refractivity contribution in [3.8, 4) is 5.75 Å². The van der Waals surface area contributed by atoms with Crippen LogP contribution in [0.5, 0.6) is 5.75 Å². The standard InChI is InChI=1S/C14H16BrClN2O/c1-3-18-13(14(15)10(2)17-18)9-19-12-6-4-11(8-16)5-7-12/h4-7H,3,8-9H2,1-2H3. The molecule has 0 spiro atoms. The zero-order valence-electron chi connectivity index (χ0n) is 11.0. The van der Waals surface area contributed by atoms with Crippen molar-refractivity contribution in [3.63, 3.8) is 0 Å². The Morgan fingerprint density at radius 2 is 2.00 bits per heavy atom. The van der Waals surface area contributed by atoms with E-state index < -0.39 is 0 Å². The molecular weight excluding hydrogens is 328 g/mol. The molecule has 2 aromatic rings. The summed E-state index contributed by atoms with van der Waals surface area (Å²) in [4.78, 5) is 0. The second kappa shape index (κ2) is 6.44. The fourth-order valence-corrected chi connectivity index (χ4v) is 2.41. The maximum atomic E-state index is 5.79. The normalized spacial score (nSPS) is 10.7. The third kappa shape index (κ3) is 3.31. The number of hydrogen-bond acceptors (Lipinski definition) is 2. The predicted molar refractivity (Wildman–Crippen MR) is 80.7 cm³/mol. The minimum absolute atomic E-state index is 0.496. The van der Waals surface area contributed by atoms with Crippen molar-refractivity contribution in [1.29, 1.82) is 0 Å². The van der Waals surface area contributed by atoms with E-state index in [4.69, 9.17) is 16.3 Å². The lowest BCUT2D eigenvalue weighted by atomic mass is 10.2. The fraction of sp³-hybridized carbons (Fsp3) is 0.357. The molecule has 19 heavy (non-hydrogen) atoms. The zero-order chi connectivity index (χ0) is 13.8. The summed E-state index contributed by atoms with van der Waals surface area (Å²) in [5.41, 5.74) is 3.13. The number of hydrogen-bond donors (Lipinski definition) is 0. The minimum atomic E-state index is 0.496. The van der Waals surface area contributed by atoms with Crippen LogP contribution in [0, 0.1) is 6.92 Å². The molecule has 2 rings (SSSR count). The van der Waals surface area contributed by atoms with E-state index >= 15 is 0 Å². The Balaban J connectivity index is 2.09. The average Bonchev–Trinajstić information content (AvgIpc) is 2.72. The van der Waals surface area contributed by atoms with Gasteiger partial charge in [0.25, 0.3) is 0 Å². The van der Waals surface area contributed by atoms with Crippen molar-refractivity contribution in [2.75, 3.05) is 0 Å². The summed E-state index contributed by atoms with van der Waals surface area (Å²) < 4.78 is 8.77. The Kier molecular flexibility index (Phi) is 4.88. The fourth-order valence-electron chi connectivity index (χ4n) is 1.83. The molecule has 5 heteroatoms. The molecule has 0 radical (unpaired) electrons. The molecule has 0 bridgehead atoms. The SMILES string of the molecule is CCn1nc(C)c(Br)c1COc1ccc(CCl)cc1. The Morgan fingerprint density at radius 3 is 2.58 bits per heavy atom. The first kappa shape index (κ1) is 14.4. The lowest BCUT2D eigenvalue weighted by Gasteiger charge is -2.08. The second-order valence-corrected chi connectivity index (χ2v) is 5.29. The van der Waals surface area contributed by atoms with Gasteiger partial charge in [0.05, 0.1) is 15.9 Å². The van der Waals surface area contributed by atoms with Crippen molar-refractivity contribution < 1.29 is 4.74 Å². The van der Waals surface area contributed by atoms with Crippen molar-refractivity contribution >= 4 is 27.5 Å². The van der Waals surface area contributed by atoms with Crippen LogP contribution in [0.3, 0.4) is 0 Å². The van der Waals surface area contributed by atoms with Crippen molar-refractivity contribution in [3.05, 3.63) is 45.7 Å². The molecule has 0 atom stereocenters. The van der Waals surface area contributed by atoms with Gasteiger partial charge in [-0.3, -0.25) is 4.68 Å². The van der Waals surface area contributed by atoms with E-state index in [0.29, 0.717) is 12.5 Å². The van der Waals surface area contributed by atoms with E-state index in [0.717, 1.165) is 33.7 Å². The molecule has 102 valence electrons. The number of ether oxygens (including phenoxy) is 1. The van der Waals surface area contributed by atoms with Crippen LogP contribution in [0.1, 0.15) is 23.9 Å². The highest BCUT2D eigenvalue weighted by atomic mass is 79.9. The highest BCUT2D eigenvalue weighted by Crippen LogP contribution is 2.23. The first-order valence-electron chi connectivity index (χ1n) is 6.15. The van der Waals surface area contributed by atoms with Gasteiger partial charge in [-0.05, 0) is 47.5 Å². The molecule has 1 aromatic carbocycles. The summed E-state index contributed by atoms with van der Waals surface area (Å²) >= 11 is 9.31. The number of rotatable bonds is 5. The van der Waals surface area contributed by atoms with Gasteiger partial charge in [-0.2, -0.15) is 5.10 Å². The third-order valence-electron chi connectivity index (χ3n) is 2.91. The topological polar surface area (TPSA) is 27.1 Å². The molecule has 0 fully saturated rings. The van der Waals surface area contributed by atoms with Gasteiger partial charge in [-0.25, -0.2) is 0 Å². The van der Waals surface area contributed by atoms with Crippen LogP contribution in [0.15, 0.2) is 28.7 Å². The summed E-state index contributed by atoms with van der Waals surface area (Å²) in [6, 6.07) is 7.82. The second-order valence-electron chi connectivity index (χ2n) is 4.23. The number of benzene rings is 1. The van der Waals surface area contributed by atoms with Crippen molar-refractivity contribution in [2.24, 2.45) is 0 Å². The molecule has 3 nitrogen and oxygen atoms in total. The molecule has 0 saturated heterocycles. The average molecular weight is 344 g/mol. The smallest absolute Gasteiger partial charge is 0.131 e. The number of aryl methyl sites for hydroxylation is 2. The van der Waals surface area contributed by atoms with E-state index in [1.807, 2.05) is 35.9 Å². The van der Waals surface area contributed by atoms with Crippen LogP contribution in [-0.2, 0) is 19.0 Å². The Labute approximate surface area is 126 Å². The van der Waals surface area contributed by atoms with Crippen LogP contribution in [-0.4, -0.2) is 9.78 Å². The molecule has 1 heterocycles. The molecule has 0 aliphatic heterocycles. The summed E-state index contributed by atoms with van der Waals surface area (Å²) in [5, 5.41) is 4.44. The van der Waals surface area contributed by atoms with Gasteiger partial charge >= 0.3 is 0 Å². The maximum Gasteiger partial charge on any atom is 0.131 e. The van der Waals surface area contributed by atoms with E-state index in [9.17, 15) is 0 Å². The molecule has 0 unspecified atom stereocenters. The number of alkyl halides is 1. The maximum absolute atomic E-state index is 5.79. The van der Waals surface area contributed by atoms with Crippen LogP contribution >= 0.6 is 27.5 Å². The summed E-state index contributed by atoms with van der Waals surface area (Å²) in [7, 11) is 0. The Bertz CT molecular complexity index is 551. The van der Waals surface area contributed by atoms with Crippen LogP contribution < -0.4 is 4.74 Å². The van der Waals surface area contributed by atoms with Crippen molar-refractivity contribution in [1.82, 2.24) is 9.78 Å². The third-order valence-corrected chi connectivity index (χ3v) is 4.25. The van der Waals surface area contributed by atoms with Crippen LogP contribution in [0.25, 0.3) is 0 Å².